The molecule has 8 aliphatic rings. The Morgan fingerprint density at radius 2 is 0.798 bits per heavy atom. The van der Waals surface area contributed by atoms with E-state index in [4.69, 9.17) is 0 Å². The molecule has 109 heavy (non-hydrogen) atoms. The highest BCUT2D eigenvalue weighted by Gasteiger charge is 2.51. The molecule has 14 aromatic carbocycles. The standard InChI is InChI=1S/C104H91BN4/c1-8-26-68(27-9-1)79-64-96-102-97(65-79)109(104-86(71-32-14-4-15-33-71)46-25-47-87(104)72-34-16-5-17-35-72)95-67-83(107(81-42-20-7-21-43-81)93-63-55-78-51-49-74-37-23-39-76-53-59-89(93)101(78)99(74)76)57-61-91(95)105(102)90-60-56-82(66-94(90)108(96)103-84(69-28-10-2-11-29-69)44-24-45-85(103)70-30-12-3-13-31-70)106(80-40-18-6-19-41-80)92-62-54-77-50-48-73-36-22-38-75-52-58-88(92)100(77)98(73)75/h1-2,4,6-10,14,18-23,26-27,30,34,36-44,46,48-67,69,71,85,87,103-104H,3,5,11-13,15-17,24-25,28-29,31-33,35,45,47H2/i1D,8D,9D,26D,27D. The Balaban J connectivity index is 0.874. The van der Waals surface area contributed by atoms with Crippen molar-refractivity contribution < 1.29 is 6.85 Å². The lowest BCUT2D eigenvalue weighted by Crippen LogP contribution is -2.65. The summed E-state index contributed by atoms with van der Waals surface area (Å²) in [6, 6.07) is 81.3. The summed E-state index contributed by atoms with van der Waals surface area (Å²) in [5.74, 6) is 0.936. The van der Waals surface area contributed by atoms with E-state index in [2.05, 4.69) is 287 Å². The van der Waals surface area contributed by atoms with Gasteiger partial charge in [-0.15, -0.1) is 0 Å². The quantitative estimate of drug-likeness (QED) is 0.0648. The maximum absolute atomic E-state index is 10.3. The third kappa shape index (κ3) is 10.7. The van der Waals surface area contributed by atoms with Crippen molar-refractivity contribution in [3.8, 4) is 11.1 Å². The molecule has 0 radical (unpaired) electrons. The van der Waals surface area contributed by atoms with E-state index in [1.54, 1.807) is 11.1 Å². The van der Waals surface area contributed by atoms with Crippen LogP contribution in [0.1, 0.15) is 122 Å². The van der Waals surface area contributed by atoms with Crippen molar-refractivity contribution >= 4 is 145 Å². The molecule has 0 spiro atoms. The van der Waals surface area contributed by atoms with Gasteiger partial charge in [-0.25, -0.2) is 0 Å². The zero-order chi connectivity index (χ0) is 76.0. The van der Waals surface area contributed by atoms with Crippen LogP contribution in [0.25, 0.3) is 75.8 Å². The monoisotopic (exact) mass is 1410 g/mol. The van der Waals surface area contributed by atoms with Crippen molar-refractivity contribution in [3.05, 3.63) is 320 Å². The number of anilines is 10. The van der Waals surface area contributed by atoms with Crippen LogP contribution in [0, 0.1) is 23.7 Å². The van der Waals surface area contributed by atoms with Crippen molar-refractivity contribution in [2.75, 3.05) is 19.6 Å². The largest absolute Gasteiger partial charge is 0.334 e. The number of rotatable bonds is 13. The molecule has 22 rings (SSSR count). The molecule has 6 aliphatic carbocycles. The van der Waals surface area contributed by atoms with E-state index in [1.807, 2.05) is 0 Å². The Labute approximate surface area is 649 Å². The van der Waals surface area contributed by atoms with Crippen LogP contribution in [0.4, 0.5) is 56.9 Å². The molecule has 0 N–H and O–H groups in total. The SMILES string of the molecule is [2H]c1c([2H])c([2H])c(-c2cc3c4c(c2)N(C2C(C5CC=CCC5)=CCCC2C2=CCCCC2)c2cc(N(c5ccccc5)c5ccc6ccc7cccc8ccc5c6c78)ccc2B4c2ccc(N(c4ccccc4)c4ccc5ccc6cccc7ccc4c5c67)cc2N3C2C(C3CC=CCC3)=CCCC2C2=CCCCC2)c([2H])c1[2H]. The van der Waals surface area contributed by atoms with Gasteiger partial charge >= 0.3 is 0 Å². The van der Waals surface area contributed by atoms with Crippen LogP contribution in [-0.2, 0) is 0 Å². The van der Waals surface area contributed by atoms with E-state index in [0.717, 1.165) is 160 Å². The van der Waals surface area contributed by atoms with Gasteiger partial charge in [0.15, 0.2) is 0 Å². The topological polar surface area (TPSA) is 13.0 Å². The average molecular weight is 1410 g/mol. The summed E-state index contributed by atoms with van der Waals surface area (Å²) >= 11 is 0. The minimum atomic E-state index is -0.385. The third-order valence-electron chi connectivity index (χ3n) is 26.7. The smallest absolute Gasteiger partial charge is 0.252 e. The molecule has 6 unspecified atom stereocenters. The second-order valence-electron chi connectivity index (χ2n) is 32.5. The van der Waals surface area contributed by atoms with Gasteiger partial charge in [0.25, 0.3) is 6.71 Å². The number of nitrogens with zero attached hydrogens (tertiary/aromatic N) is 4. The van der Waals surface area contributed by atoms with Gasteiger partial charge in [-0.2, -0.15) is 0 Å². The van der Waals surface area contributed by atoms with Crippen LogP contribution in [0.15, 0.2) is 320 Å². The molecule has 0 fully saturated rings. The van der Waals surface area contributed by atoms with E-state index in [9.17, 15) is 6.85 Å². The number of hydrogen-bond acceptors (Lipinski definition) is 4. The molecule has 2 heterocycles. The molecule has 2 aliphatic heterocycles. The fourth-order valence-corrected chi connectivity index (χ4v) is 22.0. The Morgan fingerprint density at radius 1 is 0.349 bits per heavy atom. The Hall–Kier alpha value is -11.1. The minimum absolute atomic E-state index is 0.130. The van der Waals surface area contributed by atoms with Crippen LogP contribution in [0.5, 0.6) is 0 Å². The highest BCUT2D eigenvalue weighted by molar-refractivity contribution is 7.00. The Kier molecular flexibility index (Phi) is 14.8. The van der Waals surface area contributed by atoms with Gasteiger partial charge in [0.1, 0.15) is 0 Å². The maximum atomic E-state index is 10.3. The lowest BCUT2D eigenvalue weighted by Gasteiger charge is -2.53. The van der Waals surface area contributed by atoms with Crippen molar-refractivity contribution in [2.24, 2.45) is 23.7 Å². The summed E-state index contributed by atoms with van der Waals surface area (Å²) in [4.78, 5) is 10.7. The molecule has 6 atom stereocenters. The van der Waals surface area contributed by atoms with Crippen molar-refractivity contribution in [3.63, 3.8) is 0 Å². The molecule has 14 aromatic rings. The van der Waals surface area contributed by atoms with E-state index in [1.165, 1.54) is 105 Å². The van der Waals surface area contributed by atoms with Crippen molar-refractivity contribution in [1.82, 2.24) is 0 Å². The predicted octanol–water partition coefficient (Wildman–Crippen LogP) is 26.6. The van der Waals surface area contributed by atoms with E-state index >= 15 is 0 Å². The Bertz CT molecular complexity index is 6020. The van der Waals surface area contributed by atoms with Gasteiger partial charge in [0.2, 0.25) is 0 Å². The van der Waals surface area contributed by atoms with Crippen molar-refractivity contribution in [2.45, 2.75) is 128 Å². The highest BCUT2D eigenvalue weighted by atomic mass is 15.2. The average Bonchev–Trinajstić information content (AvgIpc) is 0.685. The number of para-hydroxylation sites is 2. The number of fused-ring (bicyclic) bond motifs is 4. The molecule has 530 valence electrons. The second kappa shape index (κ2) is 26.9. The minimum Gasteiger partial charge on any atom is -0.334 e. The molecule has 0 aromatic heterocycles. The molecule has 0 bridgehead atoms. The fraction of sp³-hybridized carbons (Fsp3) is 0.231. The summed E-state index contributed by atoms with van der Waals surface area (Å²) in [5, 5.41) is 14.8. The summed E-state index contributed by atoms with van der Waals surface area (Å²) in [7, 11) is 0. The van der Waals surface area contributed by atoms with Crippen LogP contribution in [-0.4, -0.2) is 18.8 Å². The van der Waals surface area contributed by atoms with E-state index in [-0.39, 0.29) is 66.4 Å². The predicted molar refractivity (Wildman–Crippen MR) is 466 cm³/mol. The molecular weight excluding hydrogens is 1320 g/mol. The number of hydrogen-bond donors (Lipinski definition) is 0. The summed E-state index contributed by atoms with van der Waals surface area (Å²) in [5.41, 5.74) is 21.5. The molecule has 0 saturated carbocycles. The zero-order valence-corrected chi connectivity index (χ0v) is 62.0. The Morgan fingerprint density at radius 3 is 1.24 bits per heavy atom. The fourth-order valence-electron chi connectivity index (χ4n) is 22.0. The summed E-state index contributed by atoms with van der Waals surface area (Å²) in [6.07, 6.45) is 39.3. The van der Waals surface area contributed by atoms with Gasteiger partial charge in [-0.05, 0) is 293 Å². The number of benzene rings is 14. The van der Waals surface area contributed by atoms with Gasteiger partial charge in [0, 0.05) is 68.1 Å². The molecule has 0 saturated heterocycles. The van der Waals surface area contributed by atoms with Crippen LogP contribution < -0.4 is 36.0 Å². The van der Waals surface area contributed by atoms with Gasteiger partial charge < -0.3 is 19.6 Å². The van der Waals surface area contributed by atoms with Crippen LogP contribution >= 0.6 is 0 Å². The summed E-state index contributed by atoms with van der Waals surface area (Å²) in [6.45, 7) is -0.328. The second-order valence-corrected chi connectivity index (χ2v) is 32.5. The highest BCUT2D eigenvalue weighted by Crippen LogP contribution is 2.56. The summed E-state index contributed by atoms with van der Waals surface area (Å²) < 4.78 is 49.0. The molecule has 5 heteroatoms. The first-order valence-corrected chi connectivity index (χ1v) is 40.9. The first-order chi connectivity index (χ1) is 56.2. The zero-order valence-electron chi connectivity index (χ0n) is 67.0. The molecule has 0 amide bonds. The van der Waals surface area contributed by atoms with Crippen molar-refractivity contribution in [1.29, 1.82) is 0 Å². The first kappa shape index (κ1) is 59.8. The normalized spacial score (nSPS) is 21.8. The van der Waals surface area contributed by atoms with Crippen LogP contribution in [0.3, 0.4) is 0 Å². The van der Waals surface area contributed by atoms with Gasteiger partial charge in [-0.1, -0.05) is 236 Å². The number of allylic oxidation sites excluding steroid dienone is 8. The first-order valence-electron chi connectivity index (χ1n) is 43.4. The van der Waals surface area contributed by atoms with Gasteiger partial charge in [-0.3, -0.25) is 0 Å². The third-order valence-corrected chi connectivity index (χ3v) is 26.7. The van der Waals surface area contributed by atoms with Gasteiger partial charge in [0.05, 0.1) is 30.3 Å². The van der Waals surface area contributed by atoms with Crippen LogP contribution in [0.2, 0.25) is 0 Å². The molecule has 4 nitrogen and oxygen atoms in total. The lowest BCUT2D eigenvalue weighted by molar-refractivity contribution is 0.391. The molecular formula is C104H91BN4. The van der Waals surface area contributed by atoms with E-state index in [0.29, 0.717) is 17.4 Å². The lowest BCUT2D eigenvalue weighted by atomic mass is 9.33. The maximum Gasteiger partial charge on any atom is 0.252 e. The van der Waals surface area contributed by atoms with E-state index < -0.39 is 0 Å².